The number of halogens is 3. The van der Waals surface area contributed by atoms with Crippen LogP contribution in [0.2, 0.25) is 5.02 Å². The lowest BCUT2D eigenvalue weighted by atomic mass is 10.2. The number of nitrogens with one attached hydrogen (secondary N) is 1. The van der Waals surface area contributed by atoms with Gasteiger partial charge in [-0.2, -0.15) is 0 Å². The minimum Gasteiger partial charge on any atom is -0.488 e. The van der Waals surface area contributed by atoms with E-state index in [-0.39, 0.29) is 17.3 Å². The van der Waals surface area contributed by atoms with Crippen molar-refractivity contribution in [1.29, 1.82) is 0 Å². The monoisotopic (exact) mass is 574 g/mol. The second-order valence-corrected chi connectivity index (χ2v) is 9.66. The maximum atomic E-state index is 13.0. The first-order chi connectivity index (χ1) is 16.8. The van der Waals surface area contributed by atoms with Crippen LogP contribution >= 0.6 is 39.3 Å². The number of rotatable bonds is 7. The van der Waals surface area contributed by atoms with E-state index in [4.69, 9.17) is 16.3 Å². The number of thioether (sulfide) groups is 1. The van der Waals surface area contributed by atoms with E-state index in [0.717, 1.165) is 22.2 Å². The number of hydrogen-bond acceptors (Lipinski definition) is 5. The minimum atomic E-state index is -0.554. The third kappa shape index (κ3) is 6.30. The largest absolute Gasteiger partial charge is 0.488 e. The Hall–Kier alpha value is -3.14. The Morgan fingerprint density at radius 1 is 1.11 bits per heavy atom. The highest BCUT2D eigenvalue weighted by atomic mass is 79.9. The SMILES string of the molecule is O=C(CN1C(=O)S/C(=C/c2ccc(OCc3ccc(F)cc3)c(Br)c2)C1=O)Nc1ccccc1Cl. The van der Waals surface area contributed by atoms with Gasteiger partial charge in [0.1, 0.15) is 24.7 Å². The van der Waals surface area contributed by atoms with E-state index in [1.54, 1.807) is 60.7 Å². The number of hydrogen-bond donors (Lipinski definition) is 1. The number of carbonyl (C=O) groups excluding carboxylic acids is 3. The van der Waals surface area contributed by atoms with Crippen molar-refractivity contribution in [2.45, 2.75) is 6.61 Å². The van der Waals surface area contributed by atoms with Crippen LogP contribution in [0.25, 0.3) is 6.08 Å². The molecule has 1 aliphatic heterocycles. The number of imide groups is 1. The Morgan fingerprint density at radius 3 is 2.57 bits per heavy atom. The van der Waals surface area contributed by atoms with E-state index in [1.165, 1.54) is 12.1 Å². The second kappa shape index (κ2) is 11.1. The summed E-state index contributed by atoms with van der Waals surface area (Å²) in [5.41, 5.74) is 1.87. The molecular weight excluding hydrogens is 559 g/mol. The molecule has 1 N–H and O–H groups in total. The molecule has 3 aromatic carbocycles. The van der Waals surface area contributed by atoms with Crippen molar-refractivity contribution in [3.63, 3.8) is 0 Å². The lowest BCUT2D eigenvalue weighted by molar-refractivity contribution is -0.127. The van der Waals surface area contributed by atoms with Crippen LogP contribution in [0.1, 0.15) is 11.1 Å². The molecule has 0 radical (unpaired) electrons. The minimum absolute atomic E-state index is 0.201. The molecule has 1 fully saturated rings. The average molecular weight is 576 g/mol. The summed E-state index contributed by atoms with van der Waals surface area (Å²) in [5.74, 6) is -0.838. The predicted molar refractivity (Wildman–Crippen MR) is 138 cm³/mol. The zero-order valence-corrected chi connectivity index (χ0v) is 21.1. The van der Waals surface area contributed by atoms with Crippen molar-refractivity contribution >= 4 is 68.1 Å². The molecule has 0 aliphatic carbocycles. The highest BCUT2D eigenvalue weighted by Crippen LogP contribution is 2.34. The summed E-state index contributed by atoms with van der Waals surface area (Å²) < 4.78 is 19.4. The first kappa shape index (κ1) is 25.0. The molecule has 0 bridgehead atoms. The summed E-state index contributed by atoms with van der Waals surface area (Å²) in [6.07, 6.45) is 1.57. The molecule has 4 rings (SSSR count). The fraction of sp³-hybridized carbons (Fsp3) is 0.0800. The van der Waals surface area contributed by atoms with Gasteiger partial charge in [-0.15, -0.1) is 0 Å². The summed E-state index contributed by atoms with van der Waals surface area (Å²) in [7, 11) is 0. The van der Waals surface area contributed by atoms with Crippen LogP contribution in [0.5, 0.6) is 5.75 Å². The van der Waals surface area contributed by atoms with E-state index in [9.17, 15) is 18.8 Å². The topological polar surface area (TPSA) is 75.7 Å². The third-order valence-electron chi connectivity index (χ3n) is 4.88. The predicted octanol–water partition coefficient (Wildman–Crippen LogP) is 6.50. The molecule has 0 unspecified atom stereocenters. The van der Waals surface area contributed by atoms with E-state index in [2.05, 4.69) is 21.2 Å². The van der Waals surface area contributed by atoms with Gasteiger partial charge < -0.3 is 10.1 Å². The maximum absolute atomic E-state index is 13.0. The molecule has 178 valence electrons. The van der Waals surface area contributed by atoms with Crippen molar-refractivity contribution in [3.8, 4) is 5.75 Å². The van der Waals surface area contributed by atoms with Gasteiger partial charge in [0, 0.05) is 0 Å². The van der Waals surface area contributed by atoms with Crippen LogP contribution in [-0.2, 0) is 16.2 Å². The molecule has 3 aromatic rings. The number of anilines is 1. The Balaban J connectivity index is 1.40. The Kier molecular flexibility index (Phi) is 7.90. The van der Waals surface area contributed by atoms with Crippen molar-refractivity contribution in [1.82, 2.24) is 4.90 Å². The van der Waals surface area contributed by atoms with E-state index >= 15 is 0 Å². The highest BCUT2D eigenvalue weighted by molar-refractivity contribution is 9.10. The van der Waals surface area contributed by atoms with Crippen molar-refractivity contribution in [2.24, 2.45) is 0 Å². The van der Waals surface area contributed by atoms with Gasteiger partial charge in [-0.25, -0.2) is 4.39 Å². The quantitative estimate of drug-likeness (QED) is 0.326. The lowest BCUT2D eigenvalue weighted by Gasteiger charge is -2.13. The zero-order chi connectivity index (χ0) is 24.9. The van der Waals surface area contributed by atoms with Crippen LogP contribution < -0.4 is 10.1 Å². The molecule has 1 aliphatic rings. The second-order valence-electron chi connectivity index (χ2n) is 7.40. The number of benzene rings is 3. The maximum Gasteiger partial charge on any atom is 0.294 e. The van der Waals surface area contributed by atoms with Crippen LogP contribution in [0.4, 0.5) is 14.9 Å². The fourth-order valence-electron chi connectivity index (χ4n) is 3.15. The number of para-hydroxylation sites is 1. The molecule has 0 aromatic heterocycles. The summed E-state index contributed by atoms with van der Waals surface area (Å²) in [6.45, 7) is -0.166. The molecule has 1 saturated heterocycles. The first-order valence-electron chi connectivity index (χ1n) is 10.3. The Labute approximate surface area is 218 Å². The number of nitrogens with zero attached hydrogens (tertiary/aromatic N) is 1. The standard InChI is InChI=1S/C25H17BrClFN2O4S/c26-18-11-16(7-10-21(18)34-14-15-5-8-17(28)9-6-15)12-22-24(32)30(25(33)35-22)13-23(31)29-20-4-2-1-3-19(20)27/h1-12H,13-14H2,(H,29,31)/b22-12+. The third-order valence-corrected chi connectivity index (χ3v) is 6.74. The number of amides is 3. The molecule has 6 nitrogen and oxygen atoms in total. The van der Waals surface area contributed by atoms with E-state index < -0.39 is 23.6 Å². The van der Waals surface area contributed by atoms with Crippen LogP contribution in [0.15, 0.2) is 76.1 Å². The summed E-state index contributed by atoms with van der Waals surface area (Å²) in [6, 6.07) is 17.9. The van der Waals surface area contributed by atoms with Crippen molar-refractivity contribution in [2.75, 3.05) is 11.9 Å². The lowest BCUT2D eigenvalue weighted by Crippen LogP contribution is -2.36. The van der Waals surface area contributed by atoms with Crippen molar-refractivity contribution < 1.29 is 23.5 Å². The van der Waals surface area contributed by atoms with Gasteiger partial charge >= 0.3 is 0 Å². The van der Waals surface area contributed by atoms with Crippen LogP contribution in [0, 0.1) is 5.82 Å². The Bertz CT molecular complexity index is 1330. The molecule has 0 spiro atoms. The fourth-order valence-corrected chi connectivity index (χ4v) is 4.68. The zero-order valence-electron chi connectivity index (χ0n) is 18.0. The van der Waals surface area contributed by atoms with Gasteiger partial charge in [0.25, 0.3) is 11.1 Å². The molecular formula is C25H17BrClFN2O4S. The highest BCUT2D eigenvalue weighted by Gasteiger charge is 2.36. The average Bonchev–Trinajstić information content (AvgIpc) is 3.08. The van der Waals surface area contributed by atoms with Crippen molar-refractivity contribution in [3.05, 3.63) is 98.1 Å². The van der Waals surface area contributed by atoms with E-state index in [1.807, 2.05) is 0 Å². The van der Waals surface area contributed by atoms with Gasteiger partial charge in [-0.1, -0.05) is 41.9 Å². The molecule has 3 amide bonds. The molecule has 0 saturated carbocycles. The van der Waals surface area contributed by atoms with Gasteiger partial charge in [0.15, 0.2) is 0 Å². The van der Waals surface area contributed by atoms with Crippen LogP contribution in [-0.4, -0.2) is 28.5 Å². The number of carbonyl (C=O) groups is 3. The molecule has 35 heavy (non-hydrogen) atoms. The van der Waals surface area contributed by atoms with Gasteiger partial charge in [0.2, 0.25) is 5.91 Å². The van der Waals surface area contributed by atoms with Gasteiger partial charge in [-0.05, 0) is 81.3 Å². The smallest absolute Gasteiger partial charge is 0.294 e. The normalized spacial score (nSPS) is 14.5. The molecule has 1 heterocycles. The van der Waals surface area contributed by atoms with Gasteiger partial charge in [-0.3, -0.25) is 19.3 Å². The summed E-state index contributed by atoms with van der Waals surface area (Å²) in [5, 5.41) is 2.42. The Morgan fingerprint density at radius 2 is 1.86 bits per heavy atom. The molecule has 0 atom stereocenters. The molecule has 10 heteroatoms. The van der Waals surface area contributed by atoms with Gasteiger partial charge in [0.05, 0.1) is 20.1 Å². The van der Waals surface area contributed by atoms with E-state index in [0.29, 0.717) is 26.5 Å². The summed E-state index contributed by atoms with van der Waals surface area (Å²) >= 11 is 10.2. The first-order valence-corrected chi connectivity index (χ1v) is 12.3. The number of ether oxygens (including phenoxy) is 1. The van der Waals surface area contributed by atoms with Crippen LogP contribution in [0.3, 0.4) is 0 Å². The summed E-state index contributed by atoms with van der Waals surface area (Å²) in [4.78, 5) is 38.6.